The molecular weight excluding hydrogens is 99.5 g/mol. The smallest absolute Gasteiger partial charge is 0.103 e. The number of allylic oxidation sites excluding steroid dienone is 1. The number of methoxy groups -OCH3 is 1. The van der Waals surface area contributed by atoms with E-state index in [9.17, 15) is 0 Å². The Morgan fingerprint density at radius 3 is 2.50 bits per heavy atom. The van der Waals surface area contributed by atoms with E-state index in [1.54, 1.807) is 7.11 Å². The van der Waals surface area contributed by atoms with Gasteiger partial charge in [0.1, 0.15) is 5.76 Å². The minimum Gasteiger partial charge on any atom is -0.500 e. The molecule has 0 amide bonds. The number of hydrogen-bond acceptors (Lipinski definition) is 1. The van der Waals surface area contributed by atoms with Crippen LogP contribution in [0.15, 0.2) is 12.3 Å². The minimum atomic E-state index is 0.385. The molecule has 1 nitrogen and oxygen atoms in total. The summed E-state index contributed by atoms with van der Waals surface area (Å²) in [4.78, 5) is 0. The van der Waals surface area contributed by atoms with Gasteiger partial charge >= 0.3 is 0 Å². The summed E-state index contributed by atoms with van der Waals surface area (Å²) in [6.45, 7) is 3.44. The lowest BCUT2D eigenvalue weighted by molar-refractivity contribution is 0.297. The highest BCUT2D eigenvalue weighted by Gasteiger charge is 1.80. The Morgan fingerprint density at radius 1 is 2.00 bits per heavy atom. The van der Waals surface area contributed by atoms with Crippen molar-refractivity contribution in [3.05, 3.63) is 12.3 Å². The van der Waals surface area contributed by atoms with Crippen molar-refractivity contribution >= 4 is 11.6 Å². The van der Waals surface area contributed by atoms with E-state index in [1.165, 1.54) is 0 Å². The number of ether oxygens (including phenoxy) is 1. The summed E-state index contributed by atoms with van der Waals surface area (Å²) in [5, 5.41) is 0. The van der Waals surface area contributed by atoms with Gasteiger partial charge in [0, 0.05) is 0 Å². The maximum Gasteiger partial charge on any atom is 0.103 e. The molecule has 0 bridgehead atoms. The van der Waals surface area contributed by atoms with Crippen LogP contribution in [0.2, 0.25) is 0 Å². The van der Waals surface area contributed by atoms with Crippen molar-refractivity contribution in [2.24, 2.45) is 0 Å². The van der Waals surface area contributed by atoms with Gasteiger partial charge in [-0.3, -0.25) is 0 Å². The SMILES string of the molecule is C=C(CCl)OC. The lowest BCUT2D eigenvalue weighted by Gasteiger charge is -1.93. The minimum absolute atomic E-state index is 0.385. The van der Waals surface area contributed by atoms with Gasteiger partial charge < -0.3 is 4.74 Å². The average molecular weight is 107 g/mol. The average Bonchev–Trinajstić information content (AvgIpc) is 1.65. The molecule has 0 saturated carbocycles. The maximum absolute atomic E-state index is 5.23. The number of rotatable bonds is 2. The van der Waals surface area contributed by atoms with Crippen LogP contribution in [0.25, 0.3) is 0 Å². The Hall–Kier alpha value is -0.170. The highest BCUT2D eigenvalue weighted by atomic mass is 35.5. The monoisotopic (exact) mass is 106 g/mol. The van der Waals surface area contributed by atoms with Crippen LogP contribution >= 0.6 is 11.6 Å². The van der Waals surface area contributed by atoms with Crippen LogP contribution in [0.3, 0.4) is 0 Å². The van der Waals surface area contributed by atoms with Crippen molar-refractivity contribution in [2.75, 3.05) is 13.0 Å². The highest BCUT2D eigenvalue weighted by Crippen LogP contribution is 1.90. The van der Waals surface area contributed by atoms with E-state index in [2.05, 4.69) is 11.3 Å². The molecule has 0 saturated heterocycles. The zero-order valence-electron chi connectivity index (χ0n) is 3.70. The number of hydrogen-bond donors (Lipinski definition) is 0. The molecule has 0 aromatic carbocycles. The van der Waals surface area contributed by atoms with Gasteiger partial charge in [0.05, 0.1) is 13.0 Å². The van der Waals surface area contributed by atoms with E-state index < -0.39 is 0 Å². The standard InChI is InChI=1S/C4H7ClO/c1-4(3-5)6-2/h1,3H2,2H3. The van der Waals surface area contributed by atoms with E-state index in [1.807, 2.05) is 0 Å². The second-order valence-electron chi connectivity index (χ2n) is 0.876. The summed E-state index contributed by atoms with van der Waals surface area (Å²) >= 11 is 5.23. The molecule has 0 fully saturated rings. The molecule has 0 rings (SSSR count). The Labute approximate surface area is 42.6 Å². The fraction of sp³-hybridized carbons (Fsp3) is 0.500. The first-order chi connectivity index (χ1) is 2.81. The van der Waals surface area contributed by atoms with Gasteiger partial charge in [0.15, 0.2) is 0 Å². The normalized spacial score (nSPS) is 7.67. The number of alkyl halides is 1. The summed E-state index contributed by atoms with van der Waals surface area (Å²) < 4.78 is 4.57. The van der Waals surface area contributed by atoms with Crippen molar-refractivity contribution in [3.63, 3.8) is 0 Å². The van der Waals surface area contributed by atoms with Gasteiger partial charge in [-0.1, -0.05) is 6.58 Å². The van der Waals surface area contributed by atoms with Crippen LogP contribution in [-0.2, 0) is 4.74 Å². The van der Waals surface area contributed by atoms with Gasteiger partial charge in [-0.05, 0) is 0 Å². The Bertz CT molecular complexity index is 45.5. The topological polar surface area (TPSA) is 9.23 Å². The quantitative estimate of drug-likeness (QED) is 0.382. The van der Waals surface area contributed by atoms with Crippen LogP contribution in [0.1, 0.15) is 0 Å². The first-order valence-corrected chi connectivity index (χ1v) is 2.12. The molecule has 36 valence electrons. The van der Waals surface area contributed by atoms with Gasteiger partial charge in [0.2, 0.25) is 0 Å². The lowest BCUT2D eigenvalue weighted by Crippen LogP contribution is -1.81. The molecule has 2 heteroatoms. The highest BCUT2D eigenvalue weighted by molar-refractivity contribution is 6.19. The molecule has 0 aromatic heterocycles. The second kappa shape index (κ2) is 3.04. The predicted octanol–water partition coefficient (Wildman–Crippen LogP) is 1.39. The Balaban J connectivity index is 2.99. The second-order valence-corrected chi connectivity index (χ2v) is 1.14. The van der Waals surface area contributed by atoms with Crippen molar-refractivity contribution in [3.8, 4) is 0 Å². The van der Waals surface area contributed by atoms with E-state index in [4.69, 9.17) is 11.6 Å². The van der Waals surface area contributed by atoms with Crippen molar-refractivity contribution < 1.29 is 4.74 Å². The molecular formula is C4H7ClO. The zero-order valence-corrected chi connectivity index (χ0v) is 4.46. The summed E-state index contributed by atoms with van der Waals surface area (Å²) in [6.07, 6.45) is 0. The van der Waals surface area contributed by atoms with Crippen molar-refractivity contribution in [1.82, 2.24) is 0 Å². The number of halogens is 1. The molecule has 0 unspecified atom stereocenters. The third-order valence-electron chi connectivity index (χ3n) is 0.438. The molecule has 0 aliphatic heterocycles. The van der Waals surface area contributed by atoms with Crippen LogP contribution in [0.5, 0.6) is 0 Å². The third-order valence-corrected chi connectivity index (χ3v) is 0.736. The molecule has 0 aliphatic carbocycles. The van der Waals surface area contributed by atoms with E-state index in [0.717, 1.165) is 0 Å². The van der Waals surface area contributed by atoms with Gasteiger partial charge in [0.25, 0.3) is 0 Å². The van der Waals surface area contributed by atoms with Crippen LogP contribution in [0, 0.1) is 0 Å². The summed E-state index contributed by atoms with van der Waals surface area (Å²) in [5.41, 5.74) is 0. The van der Waals surface area contributed by atoms with E-state index in [0.29, 0.717) is 11.6 Å². The first kappa shape index (κ1) is 5.83. The largest absolute Gasteiger partial charge is 0.500 e. The molecule has 0 aromatic rings. The van der Waals surface area contributed by atoms with Crippen molar-refractivity contribution in [1.29, 1.82) is 0 Å². The van der Waals surface area contributed by atoms with Gasteiger partial charge in [-0.15, -0.1) is 11.6 Å². The summed E-state index contributed by atoms with van der Waals surface area (Å²) in [5.74, 6) is 0.993. The van der Waals surface area contributed by atoms with Crippen LogP contribution in [-0.4, -0.2) is 13.0 Å². The molecule has 0 heterocycles. The summed E-state index contributed by atoms with van der Waals surface area (Å²) in [7, 11) is 1.55. The lowest BCUT2D eigenvalue weighted by atomic mass is 10.7. The molecule has 0 N–H and O–H groups in total. The third kappa shape index (κ3) is 2.09. The Kier molecular flexibility index (Phi) is 2.95. The maximum atomic E-state index is 5.23. The van der Waals surface area contributed by atoms with Crippen molar-refractivity contribution in [2.45, 2.75) is 0 Å². The Morgan fingerprint density at radius 2 is 2.50 bits per heavy atom. The molecule has 0 atom stereocenters. The van der Waals surface area contributed by atoms with Gasteiger partial charge in [-0.2, -0.15) is 0 Å². The summed E-state index contributed by atoms with van der Waals surface area (Å²) in [6, 6.07) is 0. The first-order valence-electron chi connectivity index (χ1n) is 1.59. The zero-order chi connectivity index (χ0) is 4.99. The molecule has 0 spiro atoms. The van der Waals surface area contributed by atoms with Crippen LogP contribution < -0.4 is 0 Å². The fourth-order valence-corrected chi connectivity index (χ4v) is 0.164. The van der Waals surface area contributed by atoms with E-state index in [-0.39, 0.29) is 0 Å². The molecule has 0 aliphatic rings. The molecule has 6 heavy (non-hydrogen) atoms. The van der Waals surface area contributed by atoms with E-state index >= 15 is 0 Å². The van der Waals surface area contributed by atoms with Crippen LogP contribution in [0.4, 0.5) is 0 Å². The fourth-order valence-electron chi connectivity index (χ4n) is 0.0546. The molecule has 0 radical (unpaired) electrons. The predicted molar refractivity (Wildman–Crippen MR) is 26.9 cm³/mol. The van der Waals surface area contributed by atoms with Gasteiger partial charge in [-0.25, -0.2) is 0 Å².